The van der Waals surface area contributed by atoms with E-state index in [1.165, 1.54) is 0 Å². The zero-order chi connectivity index (χ0) is 10.7. The molecule has 0 spiro atoms. The van der Waals surface area contributed by atoms with Crippen molar-refractivity contribution in [3.63, 3.8) is 0 Å². The van der Waals surface area contributed by atoms with Gasteiger partial charge in [-0.25, -0.2) is 0 Å². The molecule has 1 aliphatic rings. The molecule has 0 atom stereocenters. The van der Waals surface area contributed by atoms with Crippen LogP contribution >= 0.6 is 0 Å². The maximum atomic E-state index is 8.86. The van der Waals surface area contributed by atoms with Gasteiger partial charge in [0.25, 0.3) is 0 Å². The maximum absolute atomic E-state index is 8.86. The number of rotatable bonds is 3. The van der Waals surface area contributed by atoms with Gasteiger partial charge < -0.3 is 9.47 Å². The minimum Gasteiger partial charge on any atom is -0.491 e. The van der Waals surface area contributed by atoms with Crippen molar-refractivity contribution in [1.29, 1.82) is 5.26 Å². The van der Waals surface area contributed by atoms with E-state index in [9.17, 15) is 0 Å². The van der Waals surface area contributed by atoms with Crippen molar-refractivity contribution in [3.8, 4) is 11.8 Å². The van der Waals surface area contributed by atoms with E-state index in [1.807, 2.05) is 18.2 Å². The molecule has 1 fully saturated rings. The SMILES string of the molecule is CC1(COc2ccccc2C#N)COC1. The largest absolute Gasteiger partial charge is 0.491 e. The summed E-state index contributed by atoms with van der Waals surface area (Å²) >= 11 is 0. The highest BCUT2D eigenvalue weighted by atomic mass is 16.5. The molecular weight excluding hydrogens is 190 g/mol. The fourth-order valence-corrected chi connectivity index (χ4v) is 1.47. The van der Waals surface area contributed by atoms with Crippen LogP contribution in [0.5, 0.6) is 5.75 Å². The highest BCUT2D eigenvalue weighted by Crippen LogP contribution is 2.28. The summed E-state index contributed by atoms with van der Waals surface area (Å²) in [7, 11) is 0. The Bertz CT molecular complexity index is 391. The highest BCUT2D eigenvalue weighted by molar-refractivity contribution is 5.42. The fraction of sp³-hybridized carbons (Fsp3) is 0.417. The van der Waals surface area contributed by atoms with Gasteiger partial charge in [0.15, 0.2) is 0 Å². The van der Waals surface area contributed by atoms with E-state index in [2.05, 4.69) is 13.0 Å². The van der Waals surface area contributed by atoms with Crippen molar-refractivity contribution >= 4 is 0 Å². The third-order valence-electron chi connectivity index (χ3n) is 2.48. The number of hydrogen-bond acceptors (Lipinski definition) is 3. The summed E-state index contributed by atoms with van der Waals surface area (Å²) in [6, 6.07) is 9.40. The minimum absolute atomic E-state index is 0.114. The molecule has 0 amide bonds. The van der Waals surface area contributed by atoms with Crippen molar-refractivity contribution in [2.75, 3.05) is 19.8 Å². The van der Waals surface area contributed by atoms with Crippen molar-refractivity contribution in [2.45, 2.75) is 6.92 Å². The first-order valence-electron chi connectivity index (χ1n) is 4.93. The van der Waals surface area contributed by atoms with Gasteiger partial charge in [-0.3, -0.25) is 0 Å². The summed E-state index contributed by atoms with van der Waals surface area (Å²) in [5.74, 6) is 0.660. The van der Waals surface area contributed by atoms with Gasteiger partial charge in [-0.2, -0.15) is 5.26 Å². The summed E-state index contributed by atoms with van der Waals surface area (Å²) in [6.07, 6.45) is 0. The van der Waals surface area contributed by atoms with E-state index in [0.29, 0.717) is 17.9 Å². The first-order valence-corrected chi connectivity index (χ1v) is 4.93. The lowest BCUT2D eigenvalue weighted by Crippen LogP contribution is -2.44. The van der Waals surface area contributed by atoms with Crippen LogP contribution in [-0.2, 0) is 4.74 Å². The van der Waals surface area contributed by atoms with Gasteiger partial charge in [0.2, 0.25) is 0 Å². The first kappa shape index (κ1) is 10.0. The third-order valence-corrected chi connectivity index (χ3v) is 2.48. The molecule has 1 saturated heterocycles. The molecule has 2 rings (SSSR count). The second-order valence-electron chi connectivity index (χ2n) is 4.20. The van der Waals surface area contributed by atoms with Gasteiger partial charge in [0.1, 0.15) is 11.8 Å². The van der Waals surface area contributed by atoms with E-state index in [0.717, 1.165) is 13.2 Å². The molecule has 3 heteroatoms. The Morgan fingerprint density at radius 1 is 1.47 bits per heavy atom. The van der Waals surface area contributed by atoms with Crippen LogP contribution in [-0.4, -0.2) is 19.8 Å². The van der Waals surface area contributed by atoms with Gasteiger partial charge in [0, 0.05) is 5.41 Å². The second kappa shape index (κ2) is 3.92. The van der Waals surface area contributed by atoms with Crippen molar-refractivity contribution in [3.05, 3.63) is 29.8 Å². The normalized spacial score (nSPS) is 17.6. The molecule has 3 nitrogen and oxygen atoms in total. The summed E-state index contributed by atoms with van der Waals surface area (Å²) in [5.41, 5.74) is 0.698. The monoisotopic (exact) mass is 203 g/mol. The molecule has 0 N–H and O–H groups in total. The Hall–Kier alpha value is -1.53. The predicted octanol–water partition coefficient (Wildman–Crippen LogP) is 1.97. The zero-order valence-corrected chi connectivity index (χ0v) is 8.69. The van der Waals surface area contributed by atoms with Crippen LogP contribution < -0.4 is 4.74 Å². The molecule has 0 radical (unpaired) electrons. The van der Waals surface area contributed by atoms with Gasteiger partial charge >= 0.3 is 0 Å². The van der Waals surface area contributed by atoms with Crippen LogP contribution in [0, 0.1) is 16.7 Å². The number of ether oxygens (including phenoxy) is 2. The molecule has 0 aliphatic carbocycles. The Morgan fingerprint density at radius 3 is 2.80 bits per heavy atom. The Labute approximate surface area is 89.2 Å². The van der Waals surface area contributed by atoms with Crippen LogP contribution in [0.2, 0.25) is 0 Å². The number of para-hydroxylation sites is 1. The summed E-state index contributed by atoms with van der Waals surface area (Å²) in [6.45, 7) is 4.20. The van der Waals surface area contributed by atoms with Gasteiger partial charge in [-0.1, -0.05) is 19.1 Å². The standard InChI is InChI=1S/C12H13NO2/c1-12(7-14-8-12)9-15-11-5-3-2-4-10(11)6-13/h2-5H,7-9H2,1H3. The minimum atomic E-state index is 0.114. The lowest BCUT2D eigenvalue weighted by Gasteiger charge is -2.37. The van der Waals surface area contributed by atoms with E-state index in [-0.39, 0.29) is 5.41 Å². The van der Waals surface area contributed by atoms with E-state index in [1.54, 1.807) is 6.07 Å². The molecule has 1 aromatic carbocycles. The van der Waals surface area contributed by atoms with Crippen LogP contribution in [0.1, 0.15) is 12.5 Å². The predicted molar refractivity (Wildman–Crippen MR) is 55.6 cm³/mol. The number of hydrogen-bond donors (Lipinski definition) is 0. The molecule has 0 unspecified atom stereocenters. The lowest BCUT2D eigenvalue weighted by atomic mass is 9.90. The Morgan fingerprint density at radius 2 is 2.20 bits per heavy atom. The average Bonchev–Trinajstić information content (AvgIpc) is 2.24. The van der Waals surface area contributed by atoms with Gasteiger partial charge in [0.05, 0.1) is 25.4 Å². The lowest BCUT2D eigenvalue weighted by molar-refractivity contribution is -0.120. The quantitative estimate of drug-likeness (QED) is 0.754. The molecule has 1 aliphatic heterocycles. The molecule has 78 valence electrons. The topological polar surface area (TPSA) is 42.2 Å². The van der Waals surface area contributed by atoms with Crippen molar-refractivity contribution in [2.24, 2.45) is 5.41 Å². The zero-order valence-electron chi connectivity index (χ0n) is 8.69. The van der Waals surface area contributed by atoms with E-state index in [4.69, 9.17) is 14.7 Å². The molecule has 0 saturated carbocycles. The maximum Gasteiger partial charge on any atom is 0.137 e. The van der Waals surface area contributed by atoms with Crippen LogP contribution in [0.4, 0.5) is 0 Å². The van der Waals surface area contributed by atoms with Crippen LogP contribution in [0.25, 0.3) is 0 Å². The van der Waals surface area contributed by atoms with E-state index < -0.39 is 0 Å². The van der Waals surface area contributed by atoms with Gasteiger partial charge in [-0.15, -0.1) is 0 Å². The molecule has 1 heterocycles. The molecule has 0 bridgehead atoms. The summed E-state index contributed by atoms with van der Waals surface area (Å²) in [5, 5.41) is 8.86. The summed E-state index contributed by atoms with van der Waals surface area (Å²) in [4.78, 5) is 0. The van der Waals surface area contributed by atoms with Crippen molar-refractivity contribution < 1.29 is 9.47 Å². The Kier molecular flexibility index (Phi) is 2.61. The van der Waals surface area contributed by atoms with E-state index >= 15 is 0 Å². The third kappa shape index (κ3) is 2.11. The average molecular weight is 203 g/mol. The number of nitriles is 1. The molecule has 1 aromatic rings. The summed E-state index contributed by atoms with van der Waals surface area (Å²) < 4.78 is 10.8. The van der Waals surface area contributed by atoms with Gasteiger partial charge in [-0.05, 0) is 12.1 Å². The number of benzene rings is 1. The van der Waals surface area contributed by atoms with Crippen LogP contribution in [0.15, 0.2) is 24.3 Å². The fourth-order valence-electron chi connectivity index (χ4n) is 1.47. The van der Waals surface area contributed by atoms with Crippen molar-refractivity contribution in [1.82, 2.24) is 0 Å². The first-order chi connectivity index (χ1) is 7.23. The molecular formula is C12H13NO2. The Balaban J connectivity index is 2.02. The number of nitrogens with zero attached hydrogens (tertiary/aromatic N) is 1. The molecule has 15 heavy (non-hydrogen) atoms. The smallest absolute Gasteiger partial charge is 0.137 e. The second-order valence-corrected chi connectivity index (χ2v) is 4.20. The van der Waals surface area contributed by atoms with Crippen LogP contribution in [0.3, 0.4) is 0 Å². The highest BCUT2D eigenvalue weighted by Gasteiger charge is 2.34. The molecule has 0 aromatic heterocycles.